The number of hydrogen-bond donors (Lipinski definition) is 2. The van der Waals surface area contributed by atoms with Gasteiger partial charge in [0.15, 0.2) is 0 Å². The van der Waals surface area contributed by atoms with Crippen LogP contribution < -0.4 is 5.73 Å². The Labute approximate surface area is 76.2 Å². The lowest BCUT2D eigenvalue weighted by atomic mass is 10.1. The first-order chi connectivity index (χ1) is 5.63. The lowest BCUT2D eigenvalue weighted by molar-refractivity contribution is 0.164. The van der Waals surface area contributed by atoms with Crippen LogP contribution in [0, 0.1) is 0 Å². The molecule has 1 rings (SSSR count). The molecule has 3 nitrogen and oxygen atoms in total. The lowest BCUT2D eigenvalue weighted by Gasteiger charge is -2.15. The zero-order valence-corrected chi connectivity index (χ0v) is 7.49. The Kier molecular flexibility index (Phi) is 3.03. The molecule has 3 N–H and O–H groups in total. The predicted molar refractivity (Wildman–Crippen MR) is 47.9 cm³/mol. The molecule has 0 aliphatic rings. The summed E-state index contributed by atoms with van der Waals surface area (Å²) in [6, 6.07) is 1.19. The van der Waals surface area contributed by atoms with Crippen LogP contribution in [0.5, 0.6) is 0 Å². The minimum Gasteiger partial charge on any atom is -0.391 e. The number of nitrogens with two attached hydrogens (primary N) is 1. The van der Waals surface area contributed by atoms with Crippen LogP contribution in [-0.2, 0) is 0 Å². The standard InChI is InChI=1S/C8H11ClN2O/c1-5(12)8(10)6-4-11-3-2-7(6)9/h2-5,8,12H,10H2,1H3/t5-,8+/m0/s1. The third kappa shape index (κ3) is 1.94. The molecule has 12 heavy (non-hydrogen) atoms. The van der Waals surface area contributed by atoms with Gasteiger partial charge in [-0.25, -0.2) is 0 Å². The first-order valence-corrected chi connectivity index (χ1v) is 4.03. The van der Waals surface area contributed by atoms with Crippen molar-refractivity contribution in [1.29, 1.82) is 0 Å². The first kappa shape index (κ1) is 9.45. The monoisotopic (exact) mass is 186 g/mol. The van der Waals surface area contributed by atoms with Gasteiger partial charge in [-0.1, -0.05) is 11.6 Å². The number of pyridine rings is 1. The smallest absolute Gasteiger partial charge is 0.0705 e. The Morgan fingerprint density at radius 2 is 2.33 bits per heavy atom. The van der Waals surface area contributed by atoms with E-state index in [-0.39, 0.29) is 0 Å². The minimum absolute atomic E-state index is 0.466. The summed E-state index contributed by atoms with van der Waals surface area (Å²) < 4.78 is 0. The van der Waals surface area contributed by atoms with Crippen LogP contribution in [0.2, 0.25) is 5.02 Å². The van der Waals surface area contributed by atoms with Gasteiger partial charge in [0.1, 0.15) is 0 Å². The highest BCUT2D eigenvalue weighted by molar-refractivity contribution is 6.31. The molecular formula is C8H11ClN2O. The topological polar surface area (TPSA) is 59.1 Å². The van der Waals surface area contributed by atoms with Crippen molar-refractivity contribution in [3.8, 4) is 0 Å². The van der Waals surface area contributed by atoms with E-state index < -0.39 is 12.1 Å². The van der Waals surface area contributed by atoms with E-state index in [1.54, 1.807) is 25.4 Å². The van der Waals surface area contributed by atoms with Crippen LogP contribution in [0.4, 0.5) is 0 Å². The molecule has 0 saturated carbocycles. The fraction of sp³-hybridized carbons (Fsp3) is 0.375. The van der Waals surface area contributed by atoms with E-state index in [0.717, 1.165) is 0 Å². The maximum absolute atomic E-state index is 9.19. The summed E-state index contributed by atoms with van der Waals surface area (Å²) in [6.45, 7) is 1.62. The maximum atomic E-state index is 9.19. The van der Waals surface area contributed by atoms with Crippen molar-refractivity contribution in [2.24, 2.45) is 5.73 Å². The van der Waals surface area contributed by atoms with Crippen LogP contribution in [0.25, 0.3) is 0 Å². The Morgan fingerprint density at radius 1 is 1.67 bits per heavy atom. The summed E-state index contributed by atoms with van der Waals surface area (Å²) >= 11 is 5.83. The zero-order chi connectivity index (χ0) is 9.14. The van der Waals surface area contributed by atoms with Crippen molar-refractivity contribution < 1.29 is 5.11 Å². The average molecular weight is 187 g/mol. The number of nitrogens with zero attached hydrogens (tertiary/aromatic N) is 1. The largest absolute Gasteiger partial charge is 0.391 e. The third-order valence-corrected chi connectivity index (χ3v) is 2.02. The number of hydrogen-bond acceptors (Lipinski definition) is 3. The van der Waals surface area contributed by atoms with Crippen molar-refractivity contribution in [2.45, 2.75) is 19.1 Å². The Hall–Kier alpha value is -0.640. The molecule has 1 aromatic heterocycles. The highest BCUT2D eigenvalue weighted by Gasteiger charge is 2.14. The molecule has 0 aliphatic heterocycles. The molecule has 0 spiro atoms. The van der Waals surface area contributed by atoms with E-state index in [1.165, 1.54) is 0 Å². The van der Waals surface area contributed by atoms with Gasteiger partial charge in [-0.2, -0.15) is 0 Å². The molecule has 1 heterocycles. The van der Waals surface area contributed by atoms with Gasteiger partial charge in [0.05, 0.1) is 12.1 Å². The molecule has 0 fully saturated rings. The SMILES string of the molecule is C[C@H](O)[C@@H](N)c1cnccc1Cl. The number of rotatable bonds is 2. The molecule has 1 aromatic rings. The van der Waals surface area contributed by atoms with Gasteiger partial charge in [0.25, 0.3) is 0 Å². The summed E-state index contributed by atoms with van der Waals surface area (Å²) in [5, 5.41) is 9.73. The zero-order valence-electron chi connectivity index (χ0n) is 6.74. The van der Waals surface area contributed by atoms with E-state index in [9.17, 15) is 5.11 Å². The van der Waals surface area contributed by atoms with Crippen molar-refractivity contribution in [1.82, 2.24) is 4.98 Å². The van der Waals surface area contributed by atoms with Crippen molar-refractivity contribution in [3.63, 3.8) is 0 Å². The minimum atomic E-state index is -0.619. The number of halogens is 1. The molecule has 2 atom stereocenters. The number of aliphatic hydroxyl groups is 1. The van der Waals surface area contributed by atoms with Crippen molar-refractivity contribution >= 4 is 11.6 Å². The maximum Gasteiger partial charge on any atom is 0.0705 e. The fourth-order valence-electron chi connectivity index (χ4n) is 0.895. The fourth-order valence-corrected chi connectivity index (χ4v) is 1.13. The summed E-state index contributed by atoms with van der Waals surface area (Å²) in [5.41, 5.74) is 6.34. The van der Waals surface area contributed by atoms with E-state index in [1.807, 2.05) is 0 Å². The molecule has 0 unspecified atom stereocenters. The van der Waals surface area contributed by atoms with Crippen LogP contribution >= 0.6 is 11.6 Å². The van der Waals surface area contributed by atoms with E-state index in [2.05, 4.69) is 4.98 Å². The second kappa shape index (κ2) is 3.85. The summed E-state index contributed by atoms with van der Waals surface area (Å²) in [5.74, 6) is 0. The van der Waals surface area contributed by atoms with Gasteiger partial charge in [-0.3, -0.25) is 4.98 Å². The second-order valence-electron chi connectivity index (χ2n) is 2.66. The second-order valence-corrected chi connectivity index (χ2v) is 3.07. The van der Waals surface area contributed by atoms with Crippen LogP contribution in [0.1, 0.15) is 18.5 Å². The highest BCUT2D eigenvalue weighted by atomic mass is 35.5. The predicted octanol–water partition coefficient (Wildman–Crippen LogP) is 1.12. The quantitative estimate of drug-likeness (QED) is 0.728. The number of aliphatic hydroxyl groups excluding tert-OH is 1. The van der Waals surface area contributed by atoms with Gasteiger partial charge in [-0.15, -0.1) is 0 Å². The number of aromatic nitrogens is 1. The van der Waals surface area contributed by atoms with E-state index >= 15 is 0 Å². The molecule has 0 saturated heterocycles. The molecule has 0 aliphatic carbocycles. The third-order valence-electron chi connectivity index (χ3n) is 1.68. The molecule has 0 aromatic carbocycles. The van der Waals surface area contributed by atoms with E-state index in [4.69, 9.17) is 17.3 Å². The Morgan fingerprint density at radius 3 is 2.83 bits per heavy atom. The van der Waals surface area contributed by atoms with Crippen molar-refractivity contribution in [2.75, 3.05) is 0 Å². The molecule has 4 heteroatoms. The van der Waals surface area contributed by atoms with Crippen LogP contribution in [0.15, 0.2) is 18.5 Å². The Balaban J connectivity index is 2.94. The summed E-state index contributed by atoms with van der Waals surface area (Å²) in [7, 11) is 0. The van der Waals surface area contributed by atoms with Gasteiger partial charge in [-0.05, 0) is 13.0 Å². The average Bonchev–Trinajstić information content (AvgIpc) is 2.04. The first-order valence-electron chi connectivity index (χ1n) is 3.66. The van der Waals surface area contributed by atoms with E-state index in [0.29, 0.717) is 10.6 Å². The van der Waals surface area contributed by atoms with Crippen LogP contribution in [0.3, 0.4) is 0 Å². The van der Waals surface area contributed by atoms with Gasteiger partial charge in [0.2, 0.25) is 0 Å². The van der Waals surface area contributed by atoms with Gasteiger partial charge >= 0.3 is 0 Å². The summed E-state index contributed by atoms with van der Waals surface area (Å²) in [6.07, 6.45) is 2.53. The normalized spacial score (nSPS) is 15.7. The molecule has 66 valence electrons. The molecule has 0 radical (unpaired) electrons. The molecule has 0 amide bonds. The van der Waals surface area contributed by atoms with Gasteiger partial charge in [0, 0.05) is 23.0 Å². The van der Waals surface area contributed by atoms with Crippen molar-refractivity contribution in [3.05, 3.63) is 29.0 Å². The summed E-state index contributed by atoms with van der Waals surface area (Å²) in [4.78, 5) is 3.87. The molecule has 0 bridgehead atoms. The van der Waals surface area contributed by atoms with Gasteiger partial charge < -0.3 is 10.8 Å². The van der Waals surface area contributed by atoms with Crippen LogP contribution in [-0.4, -0.2) is 16.2 Å². The molecular weight excluding hydrogens is 176 g/mol. The highest BCUT2D eigenvalue weighted by Crippen LogP contribution is 2.21. The lowest BCUT2D eigenvalue weighted by Crippen LogP contribution is -2.23. The Bertz CT molecular complexity index is 265.